The van der Waals surface area contributed by atoms with Crippen molar-refractivity contribution in [3.8, 4) is 5.88 Å². The highest BCUT2D eigenvalue weighted by atomic mass is 16.5. The SMILES string of the molecule is CCCNCc1cccnc1OC(C)CC(C)C. The van der Waals surface area contributed by atoms with E-state index in [1.165, 1.54) is 0 Å². The fraction of sp³-hybridized carbons (Fsp3) is 0.667. The Labute approximate surface area is 111 Å². The van der Waals surface area contributed by atoms with Gasteiger partial charge in [0.15, 0.2) is 0 Å². The first kappa shape index (κ1) is 15.0. The van der Waals surface area contributed by atoms with Gasteiger partial charge in [-0.1, -0.05) is 26.8 Å². The molecule has 0 bridgehead atoms. The summed E-state index contributed by atoms with van der Waals surface area (Å²) in [7, 11) is 0. The van der Waals surface area contributed by atoms with Crippen LogP contribution in [-0.4, -0.2) is 17.6 Å². The van der Waals surface area contributed by atoms with Crippen LogP contribution in [-0.2, 0) is 6.54 Å². The lowest BCUT2D eigenvalue weighted by atomic mass is 10.1. The minimum absolute atomic E-state index is 0.213. The molecule has 3 nitrogen and oxygen atoms in total. The smallest absolute Gasteiger partial charge is 0.218 e. The van der Waals surface area contributed by atoms with Crippen molar-refractivity contribution in [2.45, 2.75) is 53.2 Å². The van der Waals surface area contributed by atoms with E-state index in [1.807, 2.05) is 6.07 Å². The molecule has 0 amide bonds. The van der Waals surface area contributed by atoms with E-state index in [4.69, 9.17) is 4.74 Å². The monoisotopic (exact) mass is 250 g/mol. The predicted molar refractivity (Wildman–Crippen MR) is 75.8 cm³/mol. The molecule has 1 unspecified atom stereocenters. The number of hydrogen-bond acceptors (Lipinski definition) is 3. The van der Waals surface area contributed by atoms with Gasteiger partial charge >= 0.3 is 0 Å². The first-order valence-corrected chi connectivity index (χ1v) is 6.94. The van der Waals surface area contributed by atoms with E-state index >= 15 is 0 Å². The third kappa shape index (κ3) is 5.50. The molecule has 0 radical (unpaired) electrons. The van der Waals surface area contributed by atoms with Crippen LogP contribution < -0.4 is 10.1 Å². The van der Waals surface area contributed by atoms with E-state index in [0.29, 0.717) is 5.92 Å². The molecule has 0 fully saturated rings. The van der Waals surface area contributed by atoms with Crippen molar-refractivity contribution >= 4 is 0 Å². The summed E-state index contributed by atoms with van der Waals surface area (Å²) >= 11 is 0. The first-order chi connectivity index (χ1) is 8.63. The summed E-state index contributed by atoms with van der Waals surface area (Å²) in [5, 5.41) is 3.39. The zero-order chi connectivity index (χ0) is 13.4. The largest absolute Gasteiger partial charge is 0.474 e. The normalized spacial score (nSPS) is 12.7. The predicted octanol–water partition coefficient (Wildman–Crippen LogP) is 3.39. The lowest BCUT2D eigenvalue weighted by Gasteiger charge is -2.18. The Morgan fingerprint density at radius 3 is 2.78 bits per heavy atom. The highest BCUT2D eigenvalue weighted by Gasteiger charge is 2.10. The summed E-state index contributed by atoms with van der Waals surface area (Å²) < 4.78 is 5.94. The zero-order valence-corrected chi connectivity index (χ0v) is 12.1. The third-order valence-electron chi connectivity index (χ3n) is 2.71. The second kappa shape index (κ2) is 8.09. The molecule has 0 saturated heterocycles. The molecule has 1 aromatic rings. The number of rotatable bonds is 8. The van der Waals surface area contributed by atoms with Gasteiger partial charge in [0.1, 0.15) is 0 Å². The van der Waals surface area contributed by atoms with Crippen LogP contribution in [0.1, 0.15) is 46.1 Å². The van der Waals surface area contributed by atoms with Crippen molar-refractivity contribution in [3.63, 3.8) is 0 Å². The van der Waals surface area contributed by atoms with Crippen LogP contribution in [0.3, 0.4) is 0 Å². The van der Waals surface area contributed by atoms with Crippen LogP contribution in [0.15, 0.2) is 18.3 Å². The standard InChI is InChI=1S/C15H26N2O/c1-5-8-16-11-14-7-6-9-17-15(14)18-13(4)10-12(2)3/h6-7,9,12-13,16H,5,8,10-11H2,1-4H3. The molecule has 1 N–H and O–H groups in total. The van der Waals surface area contributed by atoms with Gasteiger partial charge in [-0.15, -0.1) is 0 Å². The van der Waals surface area contributed by atoms with Gasteiger partial charge in [0.25, 0.3) is 0 Å². The first-order valence-electron chi connectivity index (χ1n) is 6.94. The molecule has 0 aliphatic carbocycles. The van der Waals surface area contributed by atoms with Gasteiger partial charge in [0.2, 0.25) is 5.88 Å². The fourth-order valence-corrected chi connectivity index (χ4v) is 1.97. The lowest BCUT2D eigenvalue weighted by molar-refractivity contribution is 0.183. The fourth-order valence-electron chi connectivity index (χ4n) is 1.97. The molecule has 0 spiro atoms. The van der Waals surface area contributed by atoms with Gasteiger partial charge in [-0.2, -0.15) is 0 Å². The molecule has 0 saturated carbocycles. The second-order valence-electron chi connectivity index (χ2n) is 5.20. The molecule has 0 aliphatic rings. The number of nitrogens with zero attached hydrogens (tertiary/aromatic N) is 1. The maximum Gasteiger partial charge on any atom is 0.218 e. The molecule has 3 heteroatoms. The average Bonchev–Trinajstić information content (AvgIpc) is 2.30. The average molecular weight is 250 g/mol. The highest BCUT2D eigenvalue weighted by molar-refractivity contribution is 5.25. The van der Waals surface area contributed by atoms with E-state index in [0.717, 1.165) is 37.4 Å². The number of nitrogens with one attached hydrogen (secondary N) is 1. The van der Waals surface area contributed by atoms with E-state index in [1.54, 1.807) is 6.20 Å². The van der Waals surface area contributed by atoms with Gasteiger partial charge in [0.05, 0.1) is 6.10 Å². The molecular formula is C15H26N2O. The van der Waals surface area contributed by atoms with Crippen molar-refractivity contribution in [1.29, 1.82) is 0 Å². The Bertz CT molecular complexity index is 339. The molecule has 1 rings (SSSR count). The van der Waals surface area contributed by atoms with Gasteiger partial charge < -0.3 is 10.1 Å². The second-order valence-corrected chi connectivity index (χ2v) is 5.20. The van der Waals surface area contributed by atoms with Gasteiger partial charge in [-0.25, -0.2) is 4.98 Å². The van der Waals surface area contributed by atoms with Crippen LogP contribution in [0.2, 0.25) is 0 Å². The maximum absolute atomic E-state index is 5.94. The molecule has 18 heavy (non-hydrogen) atoms. The van der Waals surface area contributed by atoms with Crippen LogP contribution in [0.5, 0.6) is 5.88 Å². The zero-order valence-electron chi connectivity index (χ0n) is 12.1. The number of pyridine rings is 1. The summed E-state index contributed by atoms with van der Waals surface area (Å²) in [6, 6.07) is 4.04. The topological polar surface area (TPSA) is 34.2 Å². The molecular weight excluding hydrogens is 224 g/mol. The van der Waals surface area contributed by atoms with Gasteiger partial charge in [-0.05, 0) is 38.3 Å². The number of ether oxygens (including phenoxy) is 1. The summed E-state index contributed by atoms with van der Waals surface area (Å²) in [4.78, 5) is 4.34. The highest BCUT2D eigenvalue weighted by Crippen LogP contribution is 2.18. The summed E-state index contributed by atoms with van der Waals surface area (Å²) in [5.74, 6) is 1.42. The van der Waals surface area contributed by atoms with Crippen molar-refractivity contribution in [2.24, 2.45) is 5.92 Å². The molecule has 1 heterocycles. The van der Waals surface area contributed by atoms with Crippen molar-refractivity contribution < 1.29 is 4.74 Å². The van der Waals surface area contributed by atoms with Crippen LogP contribution >= 0.6 is 0 Å². The molecule has 102 valence electrons. The van der Waals surface area contributed by atoms with Crippen molar-refractivity contribution in [3.05, 3.63) is 23.9 Å². The summed E-state index contributed by atoms with van der Waals surface area (Å²) in [6.45, 7) is 10.5. The minimum atomic E-state index is 0.213. The maximum atomic E-state index is 5.94. The van der Waals surface area contributed by atoms with Crippen LogP contribution in [0.4, 0.5) is 0 Å². The summed E-state index contributed by atoms with van der Waals surface area (Å²) in [5.41, 5.74) is 1.14. The Hall–Kier alpha value is -1.09. The quantitative estimate of drug-likeness (QED) is 0.718. The van der Waals surface area contributed by atoms with Gasteiger partial charge in [-0.3, -0.25) is 0 Å². The van der Waals surface area contributed by atoms with Crippen LogP contribution in [0, 0.1) is 5.92 Å². The van der Waals surface area contributed by atoms with E-state index in [2.05, 4.69) is 44.1 Å². The molecule has 1 atom stereocenters. The van der Waals surface area contributed by atoms with Gasteiger partial charge in [0, 0.05) is 18.3 Å². The van der Waals surface area contributed by atoms with E-state index in [9.17, 15) is 0 Å². The lowest BCUT2D eigenvalue weighted by Crippen LogP contribution is -2.19. The van der Waals surface area contributed by atoms with Crippen molar-refractivity contribution in [2.75, 3.05) is 6.54 Å². The minimum Gasteiger partial charge on any atom is -0.474 e. The molecule has 0 aromatic carbocycles. The Morgan fingerprint density at radius 2 is 2.11 bits per heavy atom. The summed E-state index contributed by atoms with van der Waals surface area (Å²) in [6.07, 6.45) is 4.20. The Morgan fingerprint density at radius 1 is 1.33 bits per heavy atom. The Balaban J connectivity index is 2.58. The number of aromatic nitrogens is 1. The van der Waals surface area contributed by atoms with E-state index < -0.39 is 0 Å². The van der Waals surface area contributed by atoms with Crippen LogP contribution in [0.25, 0.3) is 0 Å². The third-order valence-corrected chi connectivity index (χ3v) is 2.71. The number of hydrogen-bond donors (Lipinski definition) is 1. The molecule has 1 aromatic heterocycles. The Kier molecular flexibility index (Phi) is 6.73. The van der Waals surface area contributed by atoms with E-state index in [-0.39, 0.29) is 6.10 Å². The van der Waals surface area contributed by atoms with Crippen molar-refractivity contribution in [1.82, 2.24) is 10.3 Å². The molecule has 0 aliphatic heterocycles.